The number of carbonyl (C=O) groups is 2. The van der Waals surface area contributed by atoms with E-state index in [-0.39, 0.29) is 6.54 Å². The van der Waals surface area contributed by atoms with Crippen molar-refractivity contribution in [1.82, 2.24) is 4.98 Å². The van der Waals surface area contributed by atoms with E-state index < -0.39 is 17.9 Å². The number of carboxylic acids is 1. The monoisotopic (exact) mass is 252 g/mol. The van der Waals surface area contributed by atoms with E-state index in [4.69, 9.17) is 5.11 Å². The van der Waals surface area contributed by atoms with E-state index in [0.717, 1.165) is 0 Å². The number of rotatable bonds is 5. The fraction of sp³-hybridized carbons (Fsp3) is 0.417. The first-order chi connectivity index (χ1) is 8.45. The molecule has 1 atom stereocenters. The van der Waals surface area contributed by atoms with E-state index in [2.05, 4.69) is 15.0 Å². The number of anilines is 1. The summed E-state index contributed by atoms with van der Waals surface area (Å²) in [7, 11) is 1.31. The van der Waals surface area contributed by atoms with Gasteiger partial charge in [-0.1, -0.05) is 6.92 Å². The molecule has 0 bridgehead atoms. The van der Waals surface area contributed by atoms with Gasteiger partial charge in [0.2, 0.25) is 0 Å². The molecular weight excluding hydrogens is 236 g/mol. The third-order valence-corrected chi connectivity index (χ3v) is 2.50. The number of pyridine rings is 1. The molecule has 0 amide bonds. The number of nitrogens with zero attached hydrogens (tertiary/aromatic N) is 1. The quantitative estimate of drug-likeness (QED) is 0.768. The van der Waals surface area contributed by atoms with Crippen LogP contribution >= 0.6 is 0 Å². The number of aliphatic carboxylic acids is 1. The zero-order chi connectivity index (χ0) is 13.7. The van der Waals surface area contributed by atoms with Crippen LogP contribution in [0.4, 0.5) is 5.82 Å². The van der Waals surface area contributed by atoms with Crippen LogP contribution in [0.15, 0.2) is 12.1 Å². The number of carbonyl (C=O) groups excluding carboxylic acids is 1. The molecule has 18 heavy (non-hydrogen) atoms. The summed E-state index contributed by atoms with van der Waals surface area (Å²) in [5, 5.41) is 11.6. The molecule has 2 N–H and O–H groups in total. The molecule has 0 aliphatic rings. The van der Waals surface area contributed by atoms with E-state index in [1.807, 2.05) is 0 Å². The van der Waals surface area contributed by atoms with Crippen molar-refractivity contribution in [2.45, 2.75) is 13.8 Å². The Kier molecular flexibility index (Phi) is 4.65. The largest absolute Gasteiger partial charge is 0.481 e. The topological polar surface area (TPSA) is 88.5 Å². The molecule has 98 valence electrons. The van der Waals surface area contributed by atoms with Gasteiger partial charge >= 0.3 is 11.9 Å². The number of hydrogen-bond donors (Lipinski definition) is 2. The summed E-state index contributed by atoms with van der Waals surface area (Å²) in [5.41, 5.74) is 0.934. The SMILES string of the molecule is COC(=O)c1ccc(NCC(C)C(=O)O)nc1C. The summed E-state index contributed by atoms with van der Waals surface area (Å²) in [5.74, 6) is -1.28. The van der Waals surface area contributed by atoms with Crippen molar-refractivity contribution in [2.75, 3.05) is 19.0 Å². The molecule has 1 aromatic rings. The van der Waals surface area contributed by atoms with Crippen molar-refractivity contribution in [2.24, 2.45) is 5.92 Å². The van der Waals surface area contributed by atoms with Crippen molar-refractivity contribution in [3.05, 3.63) is 23.4 Å². The molecular formula is C12H16N2O4. The van der Waals surface area contributed by atoms with E-state index in [1.165, 1.54) is 7.11 Å². The number of ether oxygens (including phenoxy) is 1. The van der Waals surface area contributed by atoms with Gasteiger partial charge in [-0.25, -0.2) is 9.78 Å². The fourth-order valence-corrected chi connectivity index (χ4v) is 1.33. The maximum absolute atomic E-state index is 11.3. The van der Waals surface area contributed by atoms with Crippen molar-refractivity contribution < 1.29 is 19.4 Å². The van der Waals surface area contributed by atoms with Gasteiger partial charge in [-0.3, -0.25) is 4.79 Å². The second-order valence-corrected chi connectivity index (χ2v) is 3.94. The van der Waals surface area contributed by atoms with Crippen molar-refractivity contribution in [3.8, 4) is 0 Å². The molecule has 6 heteroatoms. The Labute approximate surface area is 105 Å². The smallest absolute Gasteiger partial charge is 0.339 e. The minimum absolute atomic E-state index is 0.277. The van der Waals surface area contributed by atoms with Crippen LogP contribution in [0, 0.1) is 12.8 Å². The summed E-state index contributed by atoms with van der Waals surface area (Å²) in [6.45, 7) is 3.57. The third-order valence-electron chi connectivity index (χ3n) is 2.50. The molecule has 1 heterocycles. The van der Waals surface area contributed by atoms with Crippen molar-refractivity contribution in [1.29, 1.82) is 0 Å². The first-order valence-corrected chi connectivity index (χ1v) is 5.48. The number of aromatic nitrogens is 1. The predicted octanol–water partition coefficient (Wildman–Crippen LogP) is 1.31. The Bertz CT molecular complexity index is 459. The van der Waals surface area contributed by atoms with Crippen molar-refractivity contribution >= 4 is 17.8 Å². The predicted molar refractivity (Wildman–Crippen MR) is 65.6 cm³/mol. The second kappa shape index (κ2) is 6.00. The molecule has 0 saturated carbocycles. The normalized spacial score (nSPS) is 11.7. The van der Waals surface area contributed by atoms with Gasteiger partial charge in [0.1, 0.15) is 5.82 Å². The van der Waals surface area contributed by atoms with Gasteiger partial charge in [-0.15, -0.1) is 0 Å². The number of hydrogen-bond acceptors (Lipinski definition) is 5. The van der Waals surface area contributed by atoms with Gasteiger partial charge in [-0.05, 0) is 19.1 Å². The lowest BCUT2D eigenvalue weighted by atomic mass is 10.2. The first-order valence-electron chi connectivity index (χ1n) is 5.48. The van der Waals surface area contributed by atoms with Crippen LogP contribution in [0.3, 0.4) is 0 Å². The van der Waals surface area contributed by atoms with Gasteiger partial charge in [0, 0.05) is 6.54 Å². The van der Waals surface area contributed by atoms with Gasteiger partial charge in [0.25, 0.3) is 0 Å². The zero-order valence-corrected chi connectivity index (χ0v) is 10.6. The number of nitrogens with one attached hydrogen (secondary N) is 1. The molecule has 1 unspecified atom stereocenters. The zero-order valence-electron chi connectivity index (χ0n) is 10.6. The molecule has 6 nitrogen and oxygen atoms in total. The molecule has 0 spiro atoms. The van der Waals surface area contributed by atoms with E-state index >= 15 is 0 Å². The molecule has 0 fully saturated rings. The summed E-state index contributed by atoms with van der Waals surface area (Å²) in [6.07, 6.45) is 0. The molecule has 0 aliphatic heterocycles. The number of methoxy groups -OCH3 is 1. The Hall–Kier alpha value is -2.11. The van der Waals surface area contributed by atoms with Crippen LogP contribution in [0.1, 0.15) is 23.0 Å². The van der Waals surface area contributed by atoms with Crippen LogP contribution in [-0.4, -0.2) is 35.7 Å². The van der Waals surface area contributed by atoms with E-state index in [9.17, 15) is 9.59 Å². The lowest BCUT2D eigenvalue weighted by molar-refractivity contribution is -0.140. The van der Waals surface area contributed by atoms with Crippen LogP contribution < -0.4 is 5.32 Å². The number of aryl methyl sites for hydroxylation is 1. The minimum atomic E-state index is -0.870. The van der Waals surface area contributed by atoms with Gasteiger partial charge in [0.15, 0.2) is 0 Å². The summed E-state index contributed by atoms with van der Waals surface area (Å²) in [6, 6.07) is 3.22. The maximum Gasteiger partial charge on any atom is 0.339 e. The maximum atomic E-state index is 11.3. The summed E-state index contributed by atoms with van der Waals surface area (Å²) >= 11 is 0. The lowest BCUT2D eigenvalue weighted by Crippen LogP contribution is -2.20. The highest BCUT2D eigenvalue weighted by molar-refractivity contribution is 5.90. The van der Waals surface area contributed by atoms with Crippen LogP contribution in [-0.2, 0) is 9.53 Å². The molecule has 0 aliphatic carbocycles. The Morgan fingerprint density at radius 3 is 2.67 bits per heavy atom. The number of carboxylic acid groups (broad SMARTS) is 1. The molecule has 0 aromatic carbocycles. The van der Waals surface area contributed by atoms with Gasteiger partial charge < -0.3 is 15.2 Å². The molecule has 0 radical (unpaired) electrons. The second-order valence-electron chi connectivity index (χ2n) is 3.94. The lowest BCUT2D eigenvalue weighted by Gasteiger charge is -2.10. The van der Waals surface area contributed by atoms with Crippen LogP contribution in [0.5, 0.6) is 0 Å². The first kappa shape index (κ1) is 14.0. The fourth-order valence-electron chi connectivity index (χ4n) is 1.33. The molecule has 0 saturated heterocycles. The third kappa shape index (κ3) is 3.44. The highest BCUT2D eigenvalue weighted by atomic mass is 16.5. The Balaban J connectivity index is 2.73. The number of esters is 1. The highest BCUT2D eigenvalue weighted by Crippen LogP contribution is 2.12. The van der Waals surface area contributed by atoms with Gasteiger partial charge in [-0.2, -0.15) is 0 Å². The van der Waals surface area contributed by atoms with Gasteiger partial charge in [0.05, 0.1) is 24.3 Å². The summed E-state index contributed by atoms with van der Waals surface area (Å²) < 4.78 is 4.61. The van der Waals surface area contributed by atoms with E-state index in [1.54, 1.807) is 26.0 Å². The highest BCUT2D eigenvalue weighted by Gasteiger charge is 2.13. The molecule has 1 rings (SSSR count). The minimum Gasteiger partial charge on any atom is -0.481 e. The Morgan fingerprint density at radius 1 is 1.50 bits per heavy atom. The van der Waals surface area contributed by atoms with Crippen LogP contribution in [0.2, 0.25) is 0 Å². The van der Waals surface area contributed by atoms with Crippen molar-refractivity contribution in [3.63, 3.8) is 0 Å². The van der Waals surface area contributed by atoms with Crippen LogP contribution in [0.25, 0.3) is 0 Å². The average Bonchev–Trinajstić information content (AvgIpc) is 2.34. The molecule has 1 aromatic heterocycles. The van der Waals surface area contributed by atoms with E-state index in [0.29, 0.717) is 17.1 Å². The summed E-state index contributed by atoms with van der Waals surface area (Å²) in [4.78, 5) is 26.2. The Morgan fingerprint density at radius 2 is 2.17 bits per heavy atom. The average molecular weight is 252 g/mol. The standard InChI is InChI=1S/C12H16N2O4/c1-7(11(15)16)6-13-10-5-4-9(8(2)14-10)12(17)18-3/h4-5,7H,6H2,1-3H3,(H,13,14)(H,15,16).